The molecule has 0 saturated heterocycles. The molecule has 0 heterocycles. The number of esters is 1. The van der Waals surface area contributed by atoms with Crippen LogP contribution in [0.1, 0.15) is 28.4 Å². The van der Waals surface area contributed by atoms with E-state index in [-0.39, 0.29) is 12.6 Å². The van der Waals surface area contributed by atoms with Crippen molar-refractivity contribution in [2.24, 2.45) is 0 Å². The summed E-state index contributed by atoms with van der Waals surface area (Å²) >= 11 is 0. The first-order valence-electron chi connectivity index (χ1n) is 10.4. The number of hydrogen-bond donors (Lipinski definition) is 0. The van der Waals surface area contributed by atoms with E-state index in [1.54, 1.807) is 43.1 Å². The van der Waals surface area contributed by atoms with Crippen LogP contribution in [0.2, 0.25) is 0 Å². The Morgan fingerprint density at radius 2 is 1.35 bits per heavy atom. The van der Waals surface area contributed by atoms with Crippen LogP contribution in [0.3, 0.4) is 0 Å². The lowest BCUT2D eigenvalue weighted by atomic mass is 9.78. The molecule has 0 N–H and O–H groups in total. The van der Waals surface area contributed by atoms with Crippen LogP contribution in [0.4, 0.5) is 4.79 Å². The highest BCUT2D eigenvalue weighted by Gasteiger charge is 2.45. The molecule has 3 aromatic rings. The summed E-state index contributed by atoms with van der Waals surface area (Å²) < 4.78 is 11.1. The van der Waals surface area contributed by atoms with Crippen molar-refractivity contribution in [3.05, 3.63) is 95.6 Å². The normalized spacial score (nSPS) is 13.1. The number of benzene rings is 3. The summed E-state index contributed by atoms with van der Waals surface area (Å²) in [4.78, 5) is 26.8. The maximum Gasteiger partial charge on any atom is 0.409 e. The van der Waals surface area contributed by atoms with Crippen LogP contribution in [0.25, 0.3) is 11.1 Å². The van der Waals surface area contributed by atoms with E-state index in [4.69, 9.17) is 9.47 Å². The number of nitrogens with zero attached hydrogens (tertiary/aromatic N) is 1. The van der Waals surface area contributed by atoms with E-state index in [1.807, 2.05) is 42.5 Å². The van der Waals surface area contributed by atoms with Crippen LogP contribution in [-0.4, -0.2) is 43.8 Å². The Morgan fingerprint density at radius 1 is 0.806 bits per heavy atom. The Bertz CT molecular complexity index is 1050. The maximum atomic E-state index is 12.8. The van der Waals surface area contributed by atoms with Crippen molar-refractivity contribution in [1.82, 2.24) is 4.90 Å². The summed E-state index contributed by atoms with van der Waals surface area (Å²) in [5.41, 5.74) is 4.05. The fourth-order valence-electron chi connectivity index (χ4n) is 4.34. The minimum absolute atomic E-state index is 0.110. The summed E-state index contributed by atoms with van der Waals surface area (Å²) in [6, 6.07) is 25.1. The highest BCUT2D eigenvalue weighted by Crippen LogP contribution is 2.49. The van der Waals surface area contributed by atoms with Crippen molar-refractivity contribution in [2.45, 2.75) is 12.3 Å². The number of fused-ring (bicyclic) bond motifs is 3. The SMILES string of the molecule is CCOC(=O)N(C)CC1(COC(=O)c2ccccc2)c2ccccc2-c2ccccc21. The molecule has 3 aromatic carbocycles. The summed E-state index contributed by atoms with van der Waals surface area (Å²) in [6.07, 6.45) is -0.405. The number of ether oxygens (including phenoxy) is 2. The molecule has 0 bridgehead atoms. The molecule has 0 aromatic heterocycles. The number of carbonyl (C=O) groups excluding carboxylic acids is 2. The van der Waals surface area contributed by atoms with Crippen LogP contribution >= 0.6 is 0 Å². The summed E-state index contributed by atoms with van der Waals surface area (Å²) in [6.45, 7) is 2.51. The molecule has 1 aliphatic rings. The van der Waals surface area contributed by atoms with Crippen LogP contribution < -0.4 is 0 Å². The van der Waals surface area contributed by atoms with Gasteiger partial charge in [-0.2, -0.15) is 0 Å². The first kappa shape index (κ1) is 20.7. The predicted octanol–water partition coefficient (Wildman–Crippen LogP) is 4.90. The van der Waals surface area contributed by atoms with E-state index < -0.39 is 11.5 Å². The standard InChI is InChI=1S/C26H25NO4/c1-3-30-25(29)27(2)17-26(18-31-24(28)19-11-5-4-6-12-19)22-15-9-7-13-20(22)21-14-8-10-16-23(21)26/h4-16H,3,17-18H2,1-2H3. The molecule has 0 atom stereocenters. The topological polar surface area (TPSA) is 55.8 Å². The molecule has 0 fully saturated rings. The van der Waals surface area contributed by atoms with E-state index in [2.05, 4.69) is 12.1 Å². The molecular weight excluding hydrogens is 390 g/mol. The summed E-state index contributed by atoms with van der Waals surface area (Å²) in [5.74, 6) is -0.388. The summed E-state index contributed by atoms with van der Waals surface area (Å²) in [5, 5.41) is 0. The van der Waals surface area contributed by atoms with Gasteiger partial charge in [-0.25, -0.2) is 9.59 Å². The van der Waals surface area contributed by atoms with Crippen molar-refractivity contribution in [3.63, 3.8) is 0 Å². The van der Waals surface area contributed by atoms with Gasteiger partial charge in [0.15, 0.2) is 0 Å². The van der Waals surface area contributed by atoms with E-state index in [9.17, 15) is 9.59 Å². The number of carbonyl (C=O) groups is 2. The second-order valence-electron chi connectivity index (χ2n) is 7.67. The van der Waals surface area contributed by atoms with Crippen molar-refractivity contribution >= 4 is 12.1 Å². The lowest BCUT2D eigenvalue weighted by Gasteiger charge is -2.35. The average molecular weight is 415 g/mol. The van der Waals surface area contributed by atoms with Crippen LogP contribution in [0.5, 0.6) is 0 Å². The third-order valence-electron chi connectivity index (χ3n) is 5.72. The Morgan fingerprint density at radius 3 is 1.94 bits per heavy atom. The molecule has 0 spiro atoms. The van der Waals surface area contributed by atoms with E-state index in [1.165, 1.54) is 0 Å². The average Bonchev–Trinajstić information content (AvgIpc) is 3.08. The predicted molar refractivity (Wildman–Crippen MR) is 119 cm³/mol. The zero-order valence-electron chi connectivity index (χ0n) is 17.7. The molecule has 0 radical (unpaired) electrons. The van der Waals surface area contributed by atoms with Gasteiger partial charge in [0.2, 0.25) is 0 Å². The molecule has 0 aliphatic heterocycles. The van der Waals surface area contributed by atoms with Crippen molar-refractivity contribution in [1.29, 1.82) is 0 Å². The quantitative estimate of drug-likeness (QED) is 0.538. The maximum absolute atomic E-state index is 12.8. The van der Waals surface area contributed by atoms with Gasteiger partial charge in [-0.05, 0) is 41.3 Å². The lowest BCUT2D eigenvalue weighted by molar-refractivity contribution is 0.0401. The number of rotatable bonds is 6. The Balaban J connectivity index is 1.75. The molecule has 5 heteroatoms. The van der Waals surface area contributed by atoms with Gasteiger partial charge in [-0.1, -0.05) is 66.7 Å². The van der Waals surface area contributed by atoms with Crippen molar-refractivity contribution in [2.75, 3.05) is 26.8 Å². The van der Waals surface area contributed by atoms with Gasteiger partial charge < -0.3 is 14.4 Å². The van der Waals surface area contributed by atoms with Gasteiger partial charge >= 0.3 is 12.1 Å². The van der Waals surface area contributed by atoms with E-state index in [0.717, 1.165) is 22.3 Å². The fourth-order valence-corrected chi connectivity index (χ4v) is 4.34. The van der Waals surface area contributed by atoms with Gasteiger partial charge in [0.25, 0.3) is 0 Å². The summed E-state index contributed by atoms with van der Waals surface area (Å²) in [7, 11) is 1.71. The molecule has 4 rings (SSSR count). The minimum atomic E-state index is -0.695. The van der Waals surface area contributed by atoms with Crippen LogP contribution in [0.15, 0.2) is 78.9 Å². The van der Waals surface area contributed by atoms with Gasteiger partial charge in [0.1, 0.15) is 6.61 Å². The van der Waals surface area contributed by atoms with Crippen molar-refractivity contribution < 1.29 is 19.1 Å². The highest BCUT2D eigenvalue weighted by molar-refractivity contribution is 5.89. The van der Waals surface area contributed by atoms with E-state index >= 15 is 0 Å². The largest absolute Gasteiger partial charge is 0.461 e. The minimum Gasteiger partial charge on any atom is -0.461 e. The third kappa shape index (κ3) is 3.79. The Hall–Kier alpha value is -3.60. The second-order valence-corrected chi connectivity index (χ2v) is 7.67. The third-order valence-corrected chi connectivity index (χ3v) is 5.72. The number of likely N-dealkylation sites (N-methyl/N-ethyl adjacent to an activating group) is 1. The first-order valence-corrected chi connectivity index (χ1v) is 10.4. The van der Waals surface area contributed by atoms with Gasteiger partial charge in [0.05, 0.1) is 17.6 Å². The molecule has 1 amide bonds. The molecule has 31 heavy (non-hydrogen) atoms. The molecule has 1 aliphatic carbocycles. The highest BCUT2D eigenvalue weighted by atomic mass is 16.6. The lowest BCUT2D eigenvalue weighted by Crippen LogP contribution is -2.45. The van der Waals surface area contributed by atoms with Gasteiger partial charge in [-0.3, -0.25) is 0 Å². The zero-order valence-corrected chi connectivity index (χ0v) is 17.7. The molecule has 158 valence electrons. The van der Waals surface area contributed by atoms with Crippen LogP contribution in [-0.2, 0) is 14.9 Å². The molecule has 0 saturated carbocycles. The number of hydrogen-bond acceptors (Lipinski definition) is 4. The van der Waals surface area contributed by atoms with Crippen LogP contribution in [0, 0.1) is 0 Å². The van der Waals surface area contributed by atoms with E-state index in [0.29, 0.717) is 18.7 Å². The molecule has 5 nitrogen and oxygen atoms in total. The van der Waals surface area contributed by atoms with Gasteiger partial charge in [-0.15, -0.1) is 0 Å². The Labute approximate surface area is 182 Å². The van der Waals surface area contributed by atoms with Gasteiger partial charge in [0, 0.05) is 13.6 Å². The fraction of sp³-hybridized carbons (Fsp3) is 0.231. The zero-order chi connectivity index (χ0) is 21.8. The van der Waals surface area contributed by atoms with Crippen molar-refractivity contribution in [3.8, 4) is 11.1 Å². The Kier molecular flexibility index (Phi) is 5.76. The molecular formula is C26H25NO4. The first-order chi connectivity index (χ1) is 15.1. The number of amides is 1. The second kappa shape index (κ2) is 8.64. The molecule has 0 unspecified atom stereocenters. The monoisotopic (exact) mass is 415 g/mol. The smallest absolute Gasteiger partial charge is 0.409 e.